The molecule has 1 atom stereocenters. The van der Waals surface area contributed by atoms with Gasteiger partial charge in [-0.3, -0.25) is 9.19 Å². The number of benzene rings is 1. The molecule has 0 spiro atoms. The van der Waals surface area contributed by atoms with Crippen LogP contribution in [0.15, 0.2) is 35.4 Å². The van der Waals surface area contributed by atoms with Gasteiger partial charge in [-0.15, -0.1) is 0 Å². The maximum Gasteiger partial charge on any atom is 0.285 e. The van der Waals surface area contributed by atoms with Gasteiger partial charge in [-0.1, -0.05) is 30.6 Å². The average molecular weight is 412 g/mol. The molecule has 0 fully saturated rings. The standard InChI is InChI=1S/C20H19BF2N4OS/c1-5-29(28)17-11-7-6-8-13(21)12(11)10-24-16(17)18-25-14-9-15(20(2,22)23)26(3)19(14)27(18)4/h6-10H,5H2,1-4H3. The number of nitrogens with zero attached hydrogens (tertiary/aromatic N) is 4. The lowest BCUT2D eigenvalue weighted by Gasteiger charge is -2.14. The molecule has 9 heteroatoms. The number of aromatic nitrogens is 4. The van der Waals surface area contributed by atoms with E-state index in [4.69, 9.17) is 7.85 Å². The zero-order chi connectivity index (χ0) is 21.1. The number of rotatable bonds is 4. The lowest BCUT2D eigenvalue weighted by Crippen LogP contribution is -2.14. The summed E-state index contributed by atoms with van der Waals surface area (Å²) < 4.78 is 43.9. The van der Waals surface area contributed by atoms with Crippen LogP contribution >= 0.6 is 0 Å². The zero-order valence-corrected chi connectivity index (χ0v) is 17.3. The van der Waals surface area contributed by atoms with E-state index in [0.717, 1.165) is 17.7 Å². The van der Waals surface area contributed by atoms with Crippen LogP contribution in [0.3, 0.4) is 0 Å². The van der Waals surface area contributed by atoms with Crippen molar-refractivity contribution in [3.8, 4) is 11.5 Å². The van der Waals surface area contributed by atoms with E-state index < -0.39 is 16.7 Å². The Morgan fingerprint density at radius 1 is 1.21 bits per heavy atom. The van der Waals surface area contributed by atoms with E-state index in [1.54, 1.807) is 30.9 Å². The summed E-state index contributed by atoms with van der Waals surface area (Å²) in [5.41, 5.74) is 1.87. The Bertz CT molecular complexity index is 1290. The summed E-state index contributed by atoms with van der Waals surface area (Å²) in [7, 11) is 8.07. The van der Waals surface area contributed by atoms with Crippen LogP contribution in [0.4, 0.5) is 8.78 Å². The van der Waals surface area contributed by atoms with Crippen LogP contribution in [0.25, 0.3) is 33.5 Å². The molecule has 0 bridgehead atoms. The van der Waals surface area contributed by atoms with Crippen LogP contribution in [0.2, 0.25) is 0 Å². The SMILES string of the molecule is [B]c1cccc2c(S(=O)CC)c(-c3nc4cc(C(C)(F)F)n(C)c4n3C)ncc12. The van der Waals surface area contributed by atoms with E-state index >= 15 is 0 Å². The topological polar surface area (TPSA) is 52.7 Å². The van der Waals surface area contributed by atoms with Gasteiger partial charge in [-0.05, 0) is 11.5 Å². The highest BCUT2D eigenvalue weighted by molar-refractivity contribution is 7.85. The quantitative estimate of drug-likeness (QED) is 0.484. The Morgan fingerprint density at radius 2 is 1.93 bits per heavy atom. The van der Waals surface area contributed by atoms with Gasteiger partial charge in [0.25, 0.3) is 5.92 Å². The van der Waals surface area contributed by atoms with Gasteiger partial charge < -0.3 is 9.13 Å². The molecule has 1 unspecified atom stereocenters. The molecule has 148 valence electrons. The summed E-state index contributed by atoms with van der Waals surface area (Å²) in [6.45, 7) is 2.69. The van der Waals surface area contributed by atoms with Crippen molar-refractivity contribution in [2.24, 2.45) is 14.1 Å². The first-order valence-corrected chi connectivity index (χ1v) is 10.4. The summed E-state index contributed by atoms with van der Waals surface area (Å²) in [5, 5.41) is 1.47. The van der Waals surface area contributed by atoms with Crippen LogP contribution < -0.4 is 5.46 Å². The lowest BCUT2D eigenvalue weighted by molar-refractivity contribution is 0.0102. The van der Waals surface area contributed by atoms with Gasteiger partial charge in [-0.2, -0.15) is 0 Å². The van der Waals surface area contributed by atoms with E-state index in [0.29, 0.717) is 38.8 Å². The fraction of sp³-hybridized carbons (Fsp3) is 0.300. The molecular weight excluding hydrogens is 393 g/mol. The van der Waals surface area contributed by atoms with Crippen molar-refractivity contribution >= 4 is 46.0 Å². The number of imidazole rings is 1. The normalized spacial score (nSPS) is 13.4. The number of hydrogen-bond acceptors (Lipinski definition) is 3. The molecule has 1 aromatic carbocycles. The Hall–Kier alpha value is -2.55. The predicted molar refractivity (Wildman–Crippen MR) is 112 cm³/mol. The molecule has 29 heavy (non-hydrogen) atoms. The molecule has 3 heterocycles. The van der Waals surface area contributed by atoms with Gasteiger partial charge in [0.15, 0.2) is 5.82 Å². The maximum atomic E-state index is 13.9. The van der Waals surface area contributed by atoms with Crippen molar-refractivity contribution in [2.45, 2.75) is 24.7 Å². The third kappa shape index (κ3) is 2.99. The molecule has 3 aromatic heterocycles. The van der Waals surface area contributed by atoms with Crippen LogP contribution in [-0.2, 0) is 30.8 Å². The Morgan fingerprint density at radius 3 is 2.55 bits per heavy atom. The monoisotopic (exact) mass is 412 g/mol. The third-order valence-corrected chi connectivity index (χ3v) is 6.51. The highest BCUT2D eigenvalue weighted by Gasteiger charge is 2.31. The number of aryl methyl sites for hydroxylation is 2. The van der Waals surface area contributed by atoms with Crippen LogP contribution in [0.5, 0.6) is 0 Å². The third-order valence-electron chi connectivity index (χ3n) is 5.12. The second-order valence-corrected chi connectivity index (χ2v) is 8.74. The first kappa shape index (κ1) is 19.8. The molecule has 0 aliphatic carbocycles. The minimum absolute atomic E-state index is 0.117. The average Bonchev–Trinajstić information content (AvgIpc) is 3.17. The Kier molecular flexibility index (Phi) is 4.61. The predicted octanol–water partition coefficient (Wildman–Crippen LogP) is 3.16. The van der Waals surface area contributed by atoms with Crippen LogP contribution in [0.1, 0.15) is 19.5 Å². The van der Waals surface area contributed by atoms with Gasteiger partial charge in [0.05, 0.1) is 21.4 Å². The van der Waals surface area contributed by atoms with E-state index in [9.17, 15) is 13.0 Å². The second kappa shape index (κ2) is 6.76. The van der Waals surface area contributed by atoms with Gasteiger partial charge >= 0.3 is 0 Å². The number of hydrogen-bond donors (Lipinski definition) is 0. The van der Waals surface area contributed by atoms with Crippen molar-refractivity contribution < 1.29 is 13.0 Å². The van der Waals surface area contributed by atoms with E-state index in [1.165, 1.54) is 10.6 Å². The van der Waals surface area contributed by atoms with E-state index in [-0.39, 0.29) is 5.69 Å². The molecule has 0 aliphatic rings. The minimum Gasteiger partial charge on any atom is -0.327 e. The fourth-order valence-corrected chi connectivity index (χ4v) is 4.82. The summed E-state index contributed by atoms with van der Waals surface area (Å²) in [6.07, 6.45) is 1.64. The Labute approximate surface area is 170 Å². The molecule has 4 rings (SSSR count). The highest BCUT2D eigenvalue weighted by Crippen LogP contribution is 2.35. The van der Waals surface area contributed by atoms with Crippen molar-refractivity contribution in [3.05, 3.63) is 36.2 Å². The zero-order valence-electron chi connectivity index (χ0n) is 16.5. The fourth-order valence-electron chi connectivity index (χ4n) is 3.75. The first-order chi connectivity index (χ1) is 13.6. The molecule has 0 saturated heterocycles. The highest BCUT2D eigenvalue weighted by atomic mass is 32.2. The minimum atomic E-state index is -2.98. The smallest absolute Gasteiger partial charge is 0.285 e. The summed E-state index contributed by atoms with van der Waals surface area (Å²) in [6, 6.07) is 6.82. The summed E-state index contributed by atoms with van der Waals surface area (Å²) in [5.74, 6) is -2.11. The van der Waals surface area contributed by atoms with E-state index in [2.05, 4.69) is 9.97 Å². The Balaban J connectivity index is 2.04. The molecule has 0 N–H and O–H groups in total. The maximum absolute atomic E-state index is 13.9. The summed E-state index contributed by atoms with van der Waals surface area (Å²) in [4.78, 5) is 9.65. The molecule has 0 aliphatic heterocycles. The van der Waals surface area contributed by atoms with E-state index in [1.807, 2.05) is 19.1 Å². The number of fused-ring (bicyclic) bond motifs is 2. The van der Waals surface area contributed by atoms with Gasteiger partial charge in [0.2, 0.25) is 0 Å². The van der Waals surface area contributed by atoms with Crippen molar-refractivity contribution in [3.63, 3.8) is 0 Å². The molecule has 4 aromatic rings. The van der Waals surface area contributed by atoms with Gasteiger partial charge in [0.1, 0.15) is 24.7 Å². The lowest BCUT2D eigenvalue weighted by atomic mass is 9.91. The summed E-state index contributed by atoms with van der Waals surface area (Å²) >= 11 is 0. The van der Waals surface area contributed by atoms with Gasteiger partial charge in [-0.25, -0.2) is 13.8 Å². The largest absolute Gasteiger partial charge is 0.327 e. The molecular formula is C20H19BF2N4OS. The second-order valence-electron chi connectivity index (χ2n) is 7.06. The van der Waals surface area contributed by atoms with Crippen molar-refractivity contribution in [2.75, 3.05) is 5.75 Å². The van der Waals surface area contributed by atoms with Crippen LogP contribution in [-0.4, -0.2) is 36.9 Å². The molecule has 2 radical (unpaired) electrons. The van der Waals surface area contributed by atoms with Crippen molar-refractivity contribution in [1.82, 2.24) is 19.1 Å². The van der Waals surface area contributed by atoms with Gasteiger partial charge in [0, 0.05) is 38.4 Å². The molecule has 5 nitrogen and oxygen atoms in total. The van der Waals surface area contributed by atoms with Crippen LogP contribution in [0, 0.1) is 0 Å². The number of alkyl halides is 2. The molecule has 0 saturated carbocycles. The number of pyridine rings is 1. The molecule has 0 amide bonds. The van der Waals surface area contributed by atoms with Crippen molar-refractivity contribution in [1.29, 1.82) is 0 Å². The first-order valence-electron chi connectivity index (χ1n) is 9.11. The number of halogens is 2.